The predicted octanol–water partition coefficient (Wildman–Crippen LogP) is -0.314. The van der Waals surface area contributed by atoms with Gasteiger partial charge in [-0.1, -0.05) is 6.08 Å². The largest absolute Gasteiger partial charge is 0.387 e. The van der Waals surface area contributed by atoms with Gasteiger partial charge in [-0.15, -0.1) is 6.58 Å². The fourth-order valence-corrected chi connectivity index (χ4v) is 0.750. The third kappa shape index (κ3) is 7.19. The smallest absolute Gasteiger partial charge is 0.338 e. The molecule has 0 amide bonds. The molecule has 0 unspecified atom stereocenters. The van der Waals surface area contributed by atoms with Crippen molar-refractivity contribution < 1.29 is 27.3 Å². The molecule has 0 aromatic carbocycles. The minimum absolute atomic E-state index is 0.368. The number of cyclic esters (lactones) is 2. The average Bonchev–Trinajstić information content (AvgIpc) is 2.33. The molecule has 78 valence electrons. The summed E-state index contributed by atoms with van der Waals surface area (Å²) >= 11 is 0. The zero-order valence-electron chi connectivity index (χ0n) is 7.04. The summed E-state index contributed by atoms with van der Waals surface area (Å²) in [4.78, 5) is 19.8. The zero-order chi connectivity index (χ0) is 11.2. The van der Waals surface area contributed by atoms with Crippen LogP contribution in [0.25, 0.3) is 0 Å². The van der Waals surface area contributed by atoms with E-state index in [1.807, 2.05) is 0 Å². The van der Waals surface area contributed by atoms with Crippen molar-refractivity contribution in [2.75, 3.05) is 5.75 Å². The van der Waals surface area contributed by atoms with Crippen LogP contribution in [0.2, 0.25) is 0 Å². The summed E-state index contributed by atoms with van der Waals surface area (Å²) in [6.07, 6.45) is 3.29. The molecule has 0 aromatic heterocycles. The highest BCUT2D eigenvalue weighted by atomic mass is 32.2. The van der Waals surface area contributed by atoms with E-state index < -0.39 is 22.1 Å². The molecule has 6 nitrogen and oxygen atoms in total. The molecule has 1 aliphatic heterocycles. The fraction of sp³-hybridized carbons (Fsp3) is 0.143. The van der Waals surface area contributed by atoms with Crippen LogP contribution in [0.5, 0.6) is 0 Å². The van der Waals surface area contributed by atoms with Gasteiger partial charge in [0.15, 0.2) is 0 Å². The van der Waals surface area contributed by atoms with Crippen molar-refractivity contribution in [1.82, 2.24) is 0 Å². The molecule has 0 radical (unpaired) electrons. The number of carbonyl (C=O) groups is 2. The summed E-state index contributed by atoms with van der Waals surface area (Å²) < 4.78 is 31.3. The standard InChI is InChI=1S/C4H2O3.C3H6O3S/c5-3-1-2-4(6)7-3;1-2-3-7(4,5)6/h1-2H;2H,1,3H2,(H,4,5,6). The van der Waals surface area contributed by atoms with Gasteiger partial charge in [0.1, 0.15) is 0 Å². The Hall–Kier alpha value is -1.47. The van der Waals surface area contributed by atoms with Gasteiger partial charge >= 0.3 is 11.9 Å². The number of hydrogen-bond acceptors (Lipinski definition) is 5. The Morgan fingerprint density at radius 2 is 1.79 bits per heavy atom. The second kappa shape index (κ2) is 5.30. The van der Waals surface area contributed by atoms with E-state index in [1.54, 1.807) is 0 Å². The summed E-state index contributed by atoms with van der Waals surface area (Å²) in [6, 6.07) is 0. The molecule has 0 aromatic rings. The summed E-state index contributed by atoms with van der Waals surface area (Å²) in [5.41, 5.74) is 0. The van der Waals surface area contributed by atoms with Gasteiger partial charge in [-0.25, -0.2) is 9.59 Å². The highest BCUT2D eigenvalue weighted by molar-refractivity contribution is 7.85. The molecule has 1 N–H and O–H groups in total. The Morgan fingerprint density at radius 1 is 1.36 bits per heavy atom. The first-order chi connectivity index (χ1) is 6.35. The van der Waals surface area contributed by atoms with Crippen molar-refractivity contribution in [1.29, 1.82) is 0 Å². The lowest BCUT2D eigenvalue weighted by Crippen LogP contribution is -1.99. The van der Waals surface area contributed by atoms with E-state index in [4.69, 9.17) is 4.55 Å². The third-order valence-corrected chi connectivity index (χ3v) is 1.54. The Bertz CT molecular complexity index is 348. The topological polar surface area (TPSA) is 97.7 Å². The first-order valence-corrected chi connectivity index (χ1v) is 4.96. The van der Waals surface area contributed by atoms with Crippen molar-refractivity contribution in [2.45, 2.75) is 0 Å². The molecular formula is C7H8O6S. The van der Waals surface area contributed by atoms with E-state index in [2.05, 4.69) is 11.3 Å². The maximum absolute atomic E-state index is 9.92. The van der Waals surface area contributed by atoms with Gasteiger partial charge in [-0.05, 0) is 0 Å². The van der Waals surface area contributed by atoms with Gasteiger partial charge in [0.2, 0.25) is 0 Å². The fourth-order valence-electron chi connectivity index (χ4n) is 0.452. The Balaban J connectivity index is 0.000000241. The van der Waals surface area contributed by atoms with Gasteiger partial charge in [0, 0.05) is 12.2 Å². The van der Waals surface area contributed by atoms with Crippen molar-refractivity contribution >= 4 is 22.1 Å². The SMILES string of the molecule is C=CCS(=O)(=O)O.O=C1C=CC(=O)O1. The van der Waals surface area contributed by atoms with Gasteiger partial charge in [-0.2, -0.15) is 8.42 Å². The predicted molar refractivity (Wildman–Crippen MR) is 46.9 cm³/mol. The van der Waals surface area contributed by atoms with Crippen molar-refractivity contribution in [3.63, 3.8) is 0 Å². The Morgan fingerprint density at radius 3 is 1.86 bits per heavy atom. The summed E-state index contributed by atoms with van der Waals surface area (Å²) in [5.74, 6) is -1.53. The maximum Gasteiger partial charge on any atom is 0.338 e. The lowest BCUT2D eigenvalue weighted by molar-refractivity contribution is -0.150. The number of hydrogen-bond donors (Lipinski definition) is 1. The molecule has 0 spiro atoms. The summed E-state index contributed by atoms with van der Waals surface area (Å²) in [7, 11) is -3.79. The molecule has 0 aliphatic carbocycles. The first-order valence-electron chi connectivity index (χ1n) is 3.35. The van der Waals surface area contributed by atoms with E-state index in [9.17, 15) is 18.0 Å². The minimum atomic E-state index is -3.79. The van der Waals surface area contributed by atoms with Gasteiger partial charge in [0.25, 0.3) is 10.1 Å². The van der Waals surface area contributed by atoms with Crippen LogP contribution in [0.1, 0.15) is 0 Å². The van der Waals surface area contributed by atoms with E-state index in [0.29, 0.717) is 0 Å². The van der Waals surface area contributed by atoms with Crippen molar-refractivity contribution in [3.05, 3.63) is 24.8 Å². The molecular weight excluding hydrogens is 212 g/mol. The normalized spacial score (nSPS) is 14.4. The molecule has 1 rings (SSSR count). The van der Waals surface area contributed by atoms with Crippen molar-refractivity contribution in [2.24, 2.45) is 0 Å². The van der Waals surface area contributed by atoms with E-state index in [0.717, 1.165) is 18.2 Å². The maximum atomic E-state index is 9.92. The molecule has 0 atom stereocenters. The van der Waals surface area contributed by atoms with Crippen LogP contribution in [0.15, 0.2) is 24.8 Å². The van der Waals surface area contributed by atoms with E-state index >= 15 is 0 Å². The lowest BCUT2D eigenvalue weighted by Gasteiger charge is -1.82. The summed E-state index contributed by atoms with van der Waals surface area (Å²) in [6.45, 7) is 3.11. The first kappa shape index (κ1) is 12.5. The van der Waals surface area contributed by atoms with E-state index in [-0.39, 0.29) is 5.75 Å². The van der Waals surface area contributed by atoms with Crippen LogP contribution < -0.4 is 0 Å². The number of ether oxygens (including phenoxy) is 1. The number of rotatable bonds is 2. The van der Waals surface area contributed by atoms with Gasteiger partial charge in [-0.3, -0.25) is 4.55 Å². The molecule has 14 heavy (non-hydrogen) atoms. The second-order valence-electron chi connectivity index (χ2n) is 2.11. The molecule has 0 saturated heterocycles. The molecule has 7 heteroatoms. The Labute approximate surface area is 80.6 Å². The molecule has 1 aliphatic rings. The van der Waals surface area contributed by atoms with Crippen LogP contribution in [-0.4, -0.2) is 30.7 Å². The highest BCUT2D eigenvalue weighted by Gasteiger charge is 2.10. The molecule has 0 saturated carbocycles. The third-order valence-electron chi connectivity index (χ3n) is 0.885. The number of carbonyl (C=O) groups excluding carboxylic acids is 2. The monoisotopic (exact) mass is 220 g/mol. The van der Waals surface area contributed by atoms with Crippen LogP contribution >= 0.6 is 0 Å². The average molecular weight is 220 g/mol. The van der Waals surface area contributed by atoms with Gasteiger partial charge in [0.05, 0.1) is 5.75 Å². The molecule has 0 bridgehead atoms. The van der Waals surface area contributed by atoms with Crippen LogP contribution in [0.4, 0.5) is 0 Å². The van der Waals surface area contributed by atoms with Crippen LogP contribution in [0, 0.1) is 0 Å². The van der Waals surface area contributed by atoms with E-state index in [1.165, 1.54) is 0 Å². The van der Waals surface area contributed by atoms with Crippen molar-refractivity contribution in [3.8, 4) is 0 Å². The van der Waals surface area contributed by atoms with Gasteiger partial charge < -0.3 is 4.74 Å². The lowest BCUT2D eigenvalue weighted by atomic mass is 10.6. The zero-order valence-corrected chi connectivity index (χ0v) is 7.86. The quantitative estimate of drug-likeness (QED) is 0.296. The molecule has 1 heterocycles. The highest BCUT2D eigenvalue weighted by Crippen LogP contribution is 1.92. The van der Waals surface area contributed by atoms with Crippen LogP contribution in [0.3, 0.4) is 0 Å². The Kier molecular flexibility index (Phi) is 4.74. The number of esters is 2. The molecule has 0 fully saturated rings. The second-order valence-corrected chi connectivity index (χ2v) is 3.61. The van der Waals surface area contributed by atoms with Crippen LogP contribution in [-0.2, 0) is 24.4 Å². The minimum Gasteiger partial charge on any atom is -0.387 e. The summed E-state index contributed by atoms with van der Waals surface area (Å²) in [5, 5.41) is 0.